The SMILES string of the molecule is CC1CCCCC12NC(=O)N(CN(C)CCOc1ccc(Cl)cc1)C2=O. The first-order chi connectivity index (χ1) is 12.4. The van der Waals surface area contributed by atoms with Gasteiger partial charge in [0.2, 0.25) is 0 Å². The van der Waals surface area contributed by atoms with E-state index in [4.69, 9.17) is 16.3 Å². The minimum atomic E-state index is -0.698. The van der Waals surface area contributed by atoms with Crippen LogP contribution in [0.5, 0.6) is 5.75 Å². The highest BCUT2D eigenvalue weighted by molar-refractivity contribution is 6.30. The van der Waals surface area contributed by atoms with E-state index in [0.717, 1.165) is 31.4 Å². The third kappa shape index (κ3) is 3.81. The van der Waals surface area contributed by atoms with E-state index in [1.165, 1.54) is 4.90 Å². The lowest BCUT2D eigenvalue weighted by molar-refractivity contribution is -0.135. The number of likely N-dealkylation sites (N-methyl/N-ethyl adjacent to an activating group) is 1. The summed E-state index contributed by atoms with van der Waals surface area (Å²) >= 11 is 5.85. The Bertz CT molecular complexity index is 666. The third-order valence-corrected chi connectivity index (χ3v) is 5.69. The number of amides is 3. The van der Waals surface area contributed by atoms with E-state index >= 15 is 0 Å². The normalized spacial score (nSPS) is 25.8. The number of halogens is 1. The highest BCUT2D eigenvalue weighted by Crippen LogP contribution is 2.38. The lowest BCUT2D eigenvalue weighted by Gasteiger charge is -2.37. The predicted octanol–water partition coefficient (Wildman–Crippen LogP) is 3.11. The second-order valence-corrected chi connectivity index (χ2v) is 7.74. The van der Waals surface area contributed by atoms with Gasteiger partial charge in [-0.2, -0.15) is 0 Å². The quantitative estimate of drug-likeness (QED) is 0.771. The maximum Gasteiger partial charge on any atom is 0.326 e. The molecule has 7 heteroatoms. The van der Waals surface area contributed by atoms with Gasteiger partial charge in [0.1, 0.15) is 17.9 Å². The van der Waals surface area contributed by atoms with Crippen molar-refractivity contribution >= 4 is 23.5 Å². The van der Waals surface area contributed by atoms with Crippen LogP contribution in [0.2, 0.25) is 5.02 Å². The first kappa shape index (κ1) is 19.0. The van der Waals surface area contributed by atoms with Crippen molar-refractivity contribution in [3.63, 3.8) is 0 Å². The van der Waals surface area contributed by atoms with Gasteiger partial charge >= 0.3 is 6.03 Å². The summed E-state index contributed by atoms with van der Waals surface area (Å²) in [5.41, 5.74) is -0.698. The first-order valence-corrected chi connectivity index (χ1v) is 9.51. The summed E-state index contributed by atoms with van der Waals surface area (Å²) in [5.74, 6) is 0.837. The van der Waals surface area contributed by atoms with Crippen molar-refractivity contribution in [2.24, 2.45) is 5.92 Å². The Kier molecular flexibility index (Phi) is 5.73. The summed E-state index contributed by atoms with van der Waals surface area (Å²) in [7, 11) is 1.88. The lowest BCUT2D eigenvalue weighted by atomic mass is 9.73. The fraction of sp³-hybridized carbons (Fsp3) is 0.579. The zero-order chi connectivity index (χ0) is 18.7. The van der Waals surface area contributed by atoms with Gasteiger partial charge in [0, 0.05) is 11.6 Å². The molecule has 1 spiro atoms. The molecule has 142 valence electrons. The molecular formula is C19H26ClN3O3. The Balaban J connectivity index is 1.52. The summed E-state index contributed by atoms with van der Waals surface area (Å²) in [6, 6.07) is 6.90. The van der Waals surface area contributed by atoms with Crippen LogP contribution in [0.3, 0.4) is 0 Å². The Morgan fingerprint density at radius 1 is 1.31 bits per heavy atom. The molecular weight excluding hydrogens is 354 g/mol. The van der Waals surface area contributed by atoms with E-state index in [-0.39, 0.29) is 24.5 Å². The number of benzene rings is 1. The predicted molar refractivity (Wildman–Crippen MR) is 100 cm³/mol. The summed E-state index contributed by atoms with van der Waals surface area (Å²) in [5, 5.41) is 3.64. The fourth-order valence-corrected chi connectivity index (χ4v) is 3.91. The molecule has 1 aromatic rings. The number of nitrogens with zero attached hydrogens (tertiary/aromatic N) is 2. The van der Waals surface area contributed by atoms with Crippen LogP contribution in [0.1, 0.15) is 32.6 Å². The van der Waals surface area contributed by atoms with E-state index in [2.05, 4.69) is 12.2 Å². The summed E-state index contributed by atoms with van der Waals surface area (Å²) in [6.07, 6.45) is 3.81. The van der Waals surface area contributed by atoms with Gasteiger partial charge < -0.3 is 10.1 Å². The second-order valence-electron chi connectivity index (χ2n) is 7.30. The van der Waals surface area contributed by atoms with Gasteiger partial charge in [-0.25, -0.2) is 9.69 Å². The van der Waals surface area contributed by atoms with Crippen LogP contribution in [0, 0.1) is 5.92 Å². The molecule has 1 heterocycles. The summed E-state index contributed by atoms with van der Waals surface area (Å²) < 4.78 is 5.67. The van der Waals surface area contributed by atoms with Gasteiger partial charge in [0.15, 0.2) is 0 Å². The average molecular weight is 380 g/mol. The molecule has 1 saturated carbocycles. The highest BCUT2D eigenvalue weighted by Gasteiger charge is 2.54. The van der Waals surface area contributed by atoms with Crippen molar-refractivity contribution < 1.29 is 14.3 Å². The van der Waals surface area contributed by atoms with E-state index in [0.29, 0.717) is 18.2 Å². The topological polar surface area (TPSA) is 61.9 Å². The Morgan fingerprint density at radius 2 is 2.04 bits per heavy atom. The Hall–Kier alpha value is -1.79. The van der Waals surface area contributed by atoms with Crippen LogP contribution >= 0.6 is 11.6 Å². The molecule has 2 fully saturated rings. The van der Waals surface area contributed by atoms with E-state index < -0.39 is 5.54 Å². The maximum absolute atomic E-state index is 12.9. The number of ether oxygens (including phenoxy) is 1. The van der Waals surface area contributed by atoms with Gasteiger partial charge in [-0.15, -0.1) is 0 Å². The zero-order valence-electron chi connectivity index (χ0n) is 15.3. The van der Waals surface area contributed by atoms with Crippen molar-refractivity contribution in [2.45, 2.75) is 38.1 Å². The van der Waals surface area contributed by atoms with Gasteiger partial charge in [-0.1, -0.05) is 31.4 Å². The molecule has 0 radical (unpaired) electrons. The van der Waals surface area contributed by atoms with E-state index in [1.807, 2.05) is 24.1 Å². The molecule has 1 aromatic carbocycles. The monoisotopic (exact) mass is 379 g/mol. The maximum atomic E-state index is 12.9. The van der Waals surface area contributed by atoms with Crippen LogP contribution in [0.4, 0.5) is 4.79 Å². The van der Waals surface area contributed by atoms with Crippen LogP contribution in [-0.2, 0) is 4.79 Å². The standard InChI is InChI=1S/C19H26ClN3O3/c1-14-5-3-4-10-19(14)17(24)23(18(25)21-19)13-22(2)11-12-26-16-8-6-15(20)7-9-16/h6-9,14H,3-5,10-13H2,1-2H3,(H,21,25). The molecule has 2 aliphatic rings. The molecule has 3 amide bonds. The van der Waals surface area contributed by atoms with Gasteiger partial charge in [0.05, 0.1) is 6.67 Å². The summed E-state index contributed by atoms with van der Waals surface area (Å²) in [6.45, 7) is 3.39. The number of nitrogens with one attached hydrogen (secondary N) is 1. The third-order valence-electron chi connectivity index (χ3n) is 5.44. The number of hydrogen-bond donors (Lipinski definition) is 1. The Labute approximate surface area is 159 Å². The summed E-state index contributed by atoms with van der Waals surface area (Å²) in [4.78, 5) is 28.6. The van der Waals surface area contributed by atoms with E-state index in [9.17, 15) is 9.59 Å². The van der Waals surface area contributed by atoms with Gasteiger partial charge in [-0.3, -0.25) is 9.69 Å². The smallest absolute Gasteiger partial charge is 0.326 e. The molecule has 3 rings (SSSR count). The largest absolute Gasteiger partial charge is 0.492 e. The average Bonchev–Trinajstić information content (AvgIpc) is 2.84. The van der Waals surface area contributed by atoms with Crippen molar-refractivity contribution in [1.29, 1.82) is 0 Å². The van der Waals surface area contributed by atoms with Crippen molar-refractivity contribution in [2.75, 3.05) is 26.9 Å². The molecule has 6 nitrogen and oxygen atoms in total. The van der Waals surface area contributed by atoms with Crippen molar-refractivity contribution in [3.05, 3.63) is 29.3 Å². The van der Waals surface area contributed by atoms with Crippen LogP contribution in [-0.4, -0.2) is 54.1 Å². The van der Waals surface area contributed by atoms with Crippen LogP contribution < -0.4 is 10.1 Å². The first-order valence-electron chi connectivity index (χ1n) is 9.13. The fourth-order valence-electron chi connectivity index (χ4n) is 3.79. The molecule has 1 saturated heterocycles. The van der Waals surface area contributed by atoms with E-state index in [1.54, 1.807) is 12.1 Å². The second kappa shape index (κ2) is 7.84. The minimum absolute atomic E-state index is 0.0832. The number of imide groups is 1. The highest BCUT2D eigenvalue weighted by atomic mass is 35.5. The molecule has 26 heavy (non-hydrogen) atoms. The molecule has 2 unspecified atom stereocenters. The molecule has 1 N–H and O–H groups in total. The van der Waals surface area contributed by atoms with Gasteiger partial charge in [0.25, 0.3) is 5.91 Å². The molecule has 1 aliphatic heterocycles. The van der Waals surface area contributed by atoms with Crippen molar-refractivity contribution in [1.82, 2.24) is 15.1 Å². The number of hydrogen-bond acceptors (Lipinski definition) is 4. The molecule has 1 aliphatic carbocycles. The molecule has 2 atom stereocenters. The number of carbonyl (C=O) groups is 2. The molecule has 0 aromatic heterocycles. The zero-order valence-corrected chi connectivity index (χ0v) is 16.1. The van der Waals surface area contributed by atoms with Gasteiger partial charge in [-0.05, 0) is 50.1 Å². The Morgan fingerprint density at radius 3 is 2.73 bits per heavy atom. The number of urea groups is 1. The molecule has 0 bridgehead atoms. The number of rotatable bonds is 6. The van der Waals surface area contributed by atoms with Crippen LogP contribution in [0.15, 0.2) is 24.3 Å². The lowest BCUT2D eigenvalue weighted by Crippen LogP contribution is -2.54. The minimum Gasteiger partial charge on any atom is -0.492 e. The van der Waals surface area contributed by atoms with Crippen molar-refractivity contribution in [3.8, 4) is 5.75 Å². The van der Waals surface area contributed by atoms with Crippen LogP contribution in [0.25, 0.3) is 0 Å². The number of carbonyl (C=O) groups excluding carboxylic acids is 2.